The zero-order valence-corrected chi connectivity index (χ0v) is 18.2. The lowest BCUT2D eigenvalue weighted by Crippen LogP contribution is -2.10. The van der Waals surface area contributed by atoms with Crippen molar-refractivity contribution in [1.82, 2.24) is 14.8 Å². The molecule has 152 valence electrons. The number of rotatable bonds is 3. The zero-order chi connectivity index (χ0) is 21.4. The summed E-state index contributed by atoms with van der Waals surface area (Å²) < 4.78 is 1.96. The minimum absolute atomic E-state index is 0.144. The van der Waals surface area contributed by atoms with E-state index >= 15 is 0 Å². The van der Waals surface area contributed by atoms with Crippen LogP contribution in [0.1, 0.15) is 64.6 Å². The first-order valence-corrected chi connectivity index (χ1v) is 10.6. The molecule has 3 aromatic rings. The van der Waals surface area contributed by atoms with Crippen molar-refractivity contribution in [2.75, 3.05) is 0 Å². The number of hydrogen-bond acceptors (Lipinski definition) is 5. The first kappa shape index (κ1) is 20.0. The minimum atomic E-state index is -0.918. The first-order chi connectivity index (χ1) is 14.4. The Hall–Kier alpha value is -3.24. The Morgan fingerprint density at radius 3 is 2.60 bits per heavy atom. The standard InChI is InChI=1S/C23H22N4O2S/c1-5-6-7-16-8-10-17(11-9-16)21-20-13(2)14(3)30-23(20)27-15(4)25-26-22(27)18(24-21)12-19(28)29/h8-11,18H,5,12H2,1-4H3,(H,28,29)/t18-/m1/s1. The highest BCUT2D eigenvalue weighted by Crippen LogP contribution is 2.39. The number of carboxylic acids is 1. The van der Waals surface area contributed by atoms with Crippen molar-refractivity contribution in [1.29, 1.82) is 0 Å². The number of carboxylic acid groups (broad SMARTS) is 1. The lowest BCUT2D eigenvalue weighted by atomic mass is 9.98. The molecule has 6 nitrogen and oxygen atoms in total. The molecule has 1 atom stereocenters. The maximum atomic E-state index is 11.6. The molecule has 0 saturated heterocycles. The molecule has 1 N–H and O–H groups in total. The summed E-state index contributed by atoms with van der Waals surface area (Å²) in [5.74, 6) is 6.59. The Morgan fingerprint density at radius 2 is 1.93 bits per heavy atom. The summed E-state index contributed by atoms with van der Waals surface area (Å²) in [6.45, 7) is 8.07. The molecule has 0 aliphatic carbocycles. The molecular formula is C23H22N4O2S. The van der Waals surface area contributed by atoms with E-state index in [0.29, 0.717) is 5.82 Å². The summed E-state index contributed by atoms with van der Waals surface area (Å²) in [5.41, 5.74) is 4.83. The second-order valence-corrected chi connectivity index (χ2v) is 8.43. The third-order valence-electron chi connectivity index (χ3n) is 5.18. The summed E-state index contributed by atoms with van der Waals surface area (Å²) in [6, 6.07) is 7.36. The van der Waals surface area contributed by atoms with Gasteiger partial charge < -0.3 is 5.11 Å². The summed E-state index contributed by atoms with van der Waals surface area (Å²) >= 11 is 1.66. The Labute approximate surface area is 179 Å². The molecule has 1 aromatic carbocycles. The number of nitrogens with zero attached hydrogens (tertiary/aromatic N) is 4. The van der Waals surface area contributed by atoms with E-state index in [-0.39, 0.29) is 6.42 Å². The molecule has 1 aliphatic rings. The van der Waals surface area contributed by atoms with Gasteiger partial charge in [-0.3, -0.25) is 14.4 Å². The highest BCUT2D eigenvalue weighted by atomic mass is 32.1. The predicted octanol–water partition coefficient (Wildman–Crippen LogP) is 4.38. The van der Waals surface area contributed by atoms with Gasteiger partial charge in [-0.2, -0.15) is 0 Å². The molecule has 0 amide bonds. The van der Waals surface area contributed by atoms with Gasteiger partial charge >= 0.3 is 5.97 Å². The molecule has 0 bridgehead atoms. The SMILES string of the molecule is CCC#Cc1ccc(C2=N[C@H](CC(=O)O)c3nnc(C)n3-c3sc(C)c(C)c32)cc1. The minimum Gasteiger partial charge on any atom is -0.481 e. The molecule has 0 fully saturated rings. The van der Waals surface area contributed by atoms with E-state index in [1.165, 1.54) is 4.88 Å². The summed E-state index contributed by atoms with van der Waals surface area (Å²) in [7, 11) is 0. The number of aliphatic imine (C=N–C) groups is 1. The van der Waals surface area contributed by atoms with Crippen LogP contribution in [-0.4, -0.2) is 31.6 Å². The number of thiophene rings is 1. The summed E-state index contributed by atoms with van der Waals surface area (Å²) in [5, 5.41) is 19.0. The largest absolute Gasteiger partial charge is 0.481 e. The molecule has 0 spiro atoms. The summed E-state index contributed by atoms with van der Waals surface area (Å²) in [4.78, 5) is 17.7. The van der Waals surface area contributed by atoms with Crippen molar-refractivity contribution in [3.8, 4) is 16.8 Å². The van der Waals surface area contributed by atoms with Crippen LogP contribution in [0.3, 0.4) is 0 Å². The van der Waals surface area contributed by atoms with Crippen molar-refractivity contribution in [3.63, 3.8) is 0 Å². The average molecular weight is 419 g/mol. The predicted molar refractivity (Wildman–Crippen MR) is 118 cm³/mol. The van der Waals surface area contributed by atoms with E-state index in [2.05, 4.69) is 35.9 Å². The number of benzene rings is 1. The van der Waals surface area contributed by atoms with E-state index in [1.54, 1.807) is 11.3 Å². The normalized spacial score (nSPS) is 14.8. The van der Waals surface area contributed by atoms with Crippen LogP contribution < -0.4 is 0 Å². The number of aryl methyl sites for hydroxylation is 2. The average Bonchev–Trinajstić information content (AvgIpc) is 3.19. The van der Waals surface area contributed by atoms with Gasteiger partial charge in [-0.1, -0.05) is 30.9 Å². The van der Waals surface area contributed by atoms with E-state index in [4.69, 9.17) is 4.99 Å². The highest BCUT2D eigenvalue weighted by Gasteiger charge is 2.32. The Kier molecular flexibility index (Phi) is 5.27. The maximum absolute atomic E-state index is 11.6. The van der Waals surface area contributed by atoms with Crippen LogP contribution in [0.4, 0.5) is 0 Å². The number of aromatic nitrogens is 3. The lowest BCUT2D eigenvalue weighted by molar-refractivity contribution is -0.137. The second kappa shape index (κ2) is 7.88. The molecule has 0 unspecified atom stereocenters. The zero-order valence-electron chi connectivity index (χ0n) is 17.4. The first-order valence-electron chi connectivity index (χ1n) is 9.82. The molecule has 2 aromatic heterocycles. The topological polar surface area (TPSA) is 80.4 Å². The molecule has 0 radical (unpaired) electrons. The lowest BCUT2D eigenvalue weighted by Gasteiger charge is -2.10. The van der Waals surface area contributed by atoms with Gasteiger partial charge in [0.1, 0.15) is 16.9 Å². The Morgan fingerprint density at radius 1 is 1.20 bits per heavy atom. The van der Waals surface area contributed by atoms with E-state index < -0.39 is 12.0 Å². The maximum Gasteiger partial charge on any atom is 0.306 e. The fourth-order valence-corrected chi connectivity index (χ4v) is 4.81. The van der Waals surface area contributed by atoms with Crippen LogP contribution in [0.15, 0.2) is 29.3 Å². The summed E-state index contributed by atoms with van der Waals surface area (Å²) in [6.07, 6.45) is 0.662. The highest BCUT2D eigenvalue weighted by molar-refractivity contribution is 7.15. The molecule has 30 heavy (non-hydrogen) atoms. The van der Waals surface area contributed by atoms with Crippen LogP contribution in [0.2, 0.25) is 0 Å². The van der Waals surface area contributed by atoms with Crippen LogP contribution in [0.5, 0.6) is 0 Å². The molecule has 7 heteroatoms. The van der Waals surface area contributed by atoms with Gasteiger partial charge in [0.15, 0.2) is 5.82 Å². The van der Waals surface area contributed by atoms with Crippen LogP contribution in [0.25, 0.3) is 5.00 Å². The van der Waals surface area contributed by atoms with E-state index in [0.717, 1.165) is 45.2 Å². The monoisotopic (exact) mass is 418 g/mol. The fraction of sp³-hybridized carbons (Fsp3) is 0.304. The van der Waals surface area contributed by atoms with E-state index in [9.17, 15) is 9.90 Å². The smallest absolute Gasteiger partial charge is 0.306 e. The quantitative estimate of drug-likeness (QED) is 0.640. The van der Waals surface area contributed by atoms with Crippen molar-refractivity contribution >= 4 is 23.0 Å². The third-order valence-corrected chi connectivity index (χ3v) is 6.37. The van der Waals surface area contributed by atoms with Gasteiger partial charge in [0.25, 0.3) is 0 Å². The van der Waals surface area contributed by atoms with Crippen LogP contribution >= 0.6 is 11.3 Å². The van der Waals surface area contributed by atoms with Crippen molar-refractivity contribution in [2.45, 2.75) is 46.6 Å². The fourth-order valence-electron chi connectivity index (χ4n) is 3.59. The molecule has 4 rings (SSSR count). The number of fused-ring (bicyclic) bond motifs is 3. The van der Waals surface area contributed by atoms with Gasteiger partial charge in [-0.25, -0.2) is 0 Å². The van der Waals surface area contributed by atoms with Crippen molar-refractivity contribution in [3.05, 3.63) is 63.0 Å². The van der Waals surface area contributed by atoms with Gasteiger partial charge in [-0.05, 0) is 38.5 Å². The van der Waals surface area contributed by atoms with E-state index in [1.807, 2.05) is 42.7 Å². The molecule has 1 aliphatic heterocycles. The van der Waals surface area contributed by atoms with Gasteiger partial charge in [0.2, 0.25) is 0 Å². The number of carbonyl (C=O) groups is 1. The van der Waals surface area contributed by atoms with Gasteiger partial charge in [-0.15, -0.1) is 21.5 Å². The third kappa shape index (κ3) is 3.44. The number of aliphatic carboxylic acids is 1. The van der Waals surface area contributed by atoms with Gasteiger partial charge in [0.05, 0.1) is 12.1 Å². The Bertz CT molecular complexity index is 1220. The van der Waals surface area contributed by atoms with Crippen LogP contribution in [0, 0.1) is 32.6 Å². The van der Waals surface area contributed by atoms with Gasteiger partial charge in [0, 0.05) is 28.0 Å². The second-order valence-electron chi connectivity index (χ2n) is 7.23. The van der Waals surface area contributed by atoms with Crippen molar-refractivity contribution in [2.24, 2.45) is 4.99 Å². The van der Waals surface area contributed by atoms with Crippen molar-refractivity contribution < 1.29 is 9.90 Å². The Balaban J connectivity index is 1.94. The molecule has 0 saturated carbocycles. The van der Waals surface area contributed by atoms with Crippen LogP contribution in [-0.2, 0) is 4.79 Å². The molecule has 3 heterocycles. The number of hydrogen-bond donors (Lipinski definition) is 1. The molecular weight excluding hydrogens is 396 g/mol.